The van der Waals surface area contributed by atoms with Crippen molar-refractivity contribution in [3.05, 3.63) is 35.8 Å². The van der Waals surface area contributed by atoms with Crippen molar-refractivity contribution in [2.75, 3.05) is 13.1 Å². The lowest BCUT2D eigenvalue weighted by molar-refractivity contribution is 0.174. The molecule has 0 radical (unpaired) electrons. The van der Waals surface area contributed by atoms with E-state index in [-0.39, 0.29) is 6.10 Å². The second-order valence-electron chi connectivity index (χ2n) is 4.83. The van der Waals surface area contributed by atoms with E-state index < -0.39 is 0 Å². The van der Waals surface area contributed by atoms with Crippen molar-refractivity contribution in [2.24, 2.45) is 0 Å². The van der Waals surface area contributed by atoms with Gasteiger partial charge in [-0.1, -0.05) is 6.07 Å². The zero-order valence-corrected chi connectivity index (χ0v) is 10.0. The molecule has 3 heterocycles. The number of pyridine rings is 1. The second-order valence-corrected chi connectivity index (χ2v) is 4.83. The van der Waals surface area contributed by atoms with Gasteiger partial charge in [-0.15, -0.1) is 0 Å². The molecule has 4 nitrogen and oxygen atoms in total. The van der Waals surface area contributed by atoms with Gasteiger partial charge in [-0.2, -0.15) is 0 Å². The first-order valence-electron chi connectivity index (χ1n) is 6.06. The zero-order chi connectivity index (χ0) is 11.8. The highest BCUT2D eigenvalue weighted by Crippen LogP contribution is 2.15. The Morgan fingerprint density at radius 3 is 3.12 bits per heavy atom. The van der Waals surface area contributed by atoms with Gasteiger partial charge < -0.3 is 9.51 Å². The largest absolute Gasteiger partial charge is 0.392 e. The number of nitrogens with zero attached hydrogens (tertiary/aromatic N) is 3. The van der Waals surface area contributed by atoms with Crippen molar-refractivity contribution >= 4 is 5.65 Å². The van der Waals surface area contributed by atoms with E-state index in [9.17, 15) is 5.11 Å². The first kappa shape index (κ1) is 10.7. The predicted octanol–water partition coefficient (Wildman–Crippen LogP) is 1.21. The highest BCUT2D eigenvalue weighted by molar-refractivity contribution is 5.47. The molecule has 0 bridgehead atoms. The zero-order valence-electron chi connectivity index (χ0n) is 10.0. The van der Waals surface area contributed by atoms with Crippen molar-refractivity contribution in [1.82, 2.24) is 14.3 Å². The Balaban J connectivity index is 1.84. The summed E-state index contributed by atoms with van der Waals surface area (Å²) in [5.74, 6) is 0. The number of hydrogen-bond acceptors (Lipinski definition) is 3. The summed E-state index contributed by atoms with van der Waals surface area (Å²) in [6.07, 6.45) is 4.82. The van der Waals surface area contributed by atoms with Crippen molar-refractivity contribution in [3.63, 3.8) is 0 Å². The van der Waals surface area contributed by atoms with Crippen LogP contribution in [0.4, 0.5) is 0 Å². The van der Waals surface area contributed by atoms with Crippen LogP contribution in [-0.4, -0.2) is 38.6 Å². The van der Waals surface area contributed by atoms with Crippen molar-refractivity contribution in [3.8, 4) is 0 Å². The molecule has 0 spiro atoms. The van der Waals surface area contributed by atoms with Crippen molar-refractivity contribution in [2.45, 2.75) is 26.0 Å². The van der Waals surface area contributed by atoms with Crippen LogP contribution in [0.5, 0.6) is 0 Å². The second kappa shape index (κ2) is 4.13. The summed E-state index contributed by atoms with van der Waals surface area (Å²) >= 11 is 0. The molecular formula is C13H17N3O. The molecule has 0 aliphatic carbocycles. The lowest BCUT2D eigenvalue weighted by atomic mass is 10.3. The number of likely N-dealkylation sites (tertiary alicyclic amines) is 1. The number of rotatable bonds is 2. The van der Waals surface area contributed by atoms with E-state index >= 15 is 0 Å². The quantitative estimate of drug-likeness (QED) is 0.844. The van der Waals surface area contributed by atoms with E-state index in [1.54, 1.807) is 0 Å². The third-order valence-electron chi connectivity index (χ3n) is 3.36. The molecule has 17 heavy (non-hydrogen) atoms. The Morgan fingerprint density at radius 1 is 1.53 bits per heavy atom. The number of hydrogen-bond donors (Lipinski definition) is 1. The lowest BCUT2D eigenvalue weighted by Gasteiger charge is -2.12. The van der Waals surface area contributed by atoms with Gasteiger partial charge in [-0.05, 0) is 25.0 Å². The monoisotopic (exact) mass is 231 g/mol. The molecule has 1 fully saturated rings. The van der Waals surface area contributed by atoms with Gasteiger partial charge in [0.2, 0.25) is 0 Å². The van der Waals surface area contributed by atoms with Crippen molar-refractivity contribution < 1.29 is 5.11 Å². The van der Waals surface area contributed by atoms with Crippen LogP contribution in [0, 0.1) is 6.92 Å². The number of aryl methyl sites for hydroxylation is 1. The van der Waals surface area contributed by atoms with E-state index in [0.29, 0.717) is 0 Å². The maximum absolute atomic E-state index is 9.49. The number of β-amino-alcohol motifs (C(OH)–C–C–N with tert-alkyl or cyclic N) is 1. The smallest absolute Gasteiger partial charge is 0.139 e. The highest BCUT2D eigenvalue weighted by Gasteiger charge is 2.20. The van der Waals surface area contributed by atoms with Gasteiger partial charge in [0.25, 0.3) is 0 Å². The summed E-state index contributed by atoms with van der Waals surface area (Å²) in [6.45, 7) is 4.64. The summed E-state index contributed by atoms with van der Waals surface area (Å²) in [5.41, 5.74) is 3.30. The molecule has 1 atom stereocenters. The maximum Gasteiger partial charge on any atom is 0.139 e. The minimum atomic E-state index is -0.159. The first-order valence-corrected chi connectivity index (χ1v) is 6.06. The van der Waals surface area contributed by atoms with Crippen LogP contribution in [0.1, 0.15) is 17.7 Å². The standard InChI is InChI=1S/C13H17N3O/c1-10-3-2-5-16-8-11(14-13(10)16)7-15-6-4-12(17)9-15/h2-3,5,8,12,17H,4,6-7,9H2,1H3/t12-/m1/s1. The van der Waals surface area contributed by atoms with Gasteiger partial charge in [0.1, 0.15) is 5.65 Å². The SMILES string of the molecule is Cc1cccn2cc(CN3CC[C@@H](O)C3)nc12. The van der Waals surface area contributed by atoms with Gasteiger partial charge >= 0.3 is 0 Å². The topological polar surface area (TPSA) is 40.8 Å². The fourth-order valence-corrected chi connectivity index (χ4v) is 2.47. The van der Waals surface area contributed by atoms with Gasteiger partial charge in [0.05, 0.1) is 11.8 Å². The predicted molar refractivity (Wildman–Crippen MR) is 65.8 cm³/mol. The molecule has 2 aromatic rings. The summed E-state index contributed by atoms with van der Waals surface area (Å²) in [5, 5.41) is 9.49. The Hall–Kier alpha value is -1.39. The first-order chi connectivity index (χ1) is 8.22. The summed E-state index contributed by atoms with van der Waals surface area (Å²) < 4.78 is 2.07. The number of fused-ring (bicyclic) bond motifs is 1. The average molecular weight is 231 g/mol. The Morgan fingerprint density at radius 2 is 2.41 bits per heavy atom. The Kier molecular flexibility index (Phi) is 2.61. The van der Waals surface area contributed by atoms with Crippen LogP contribution in [0.25, 0.3) is 5.65 Å². The number of aliphatic hydroxyl groups excluding tert-OH is 1. The van der Waals surface area contributed by atoms with Crippen LogP contribution in [0.2, 0.25) is 0 Å². The Bertz CT molecular complexity index is 534. The number of aliphatic hydroxyl groups is 1. The molecule has 90 valence electrons. The third kappa shape index (κ3) is 2.06. The van der Waals surface area contributed by atoms with E-state index in [1.807, 2.05) is 12.3 Å². The average Bonchev–Trinajstić information content (AvgIpc) is 2.86. The summed E-state index contributed by atoms with van der Waals surface area (Å²) in [7, 11) is 0. The van der Waals surface area contributed by atoms with Crippen LogP contribution < -0.4 is 0 Å². The molecule has 0 amide bonds. The number of aromatic nitrogens is 2. The van der Waals surface area contributed by atoms with Crippen LogP contribution in [0.15, 0.2) is 24.5 Å². The summed E-state index contributed by atoms with van der Waals surface area (Å²) in [6, 6.07) is 4.11. The molecule has 0 saturated carbocycles. The molecule has 1 saturated heterocycles. The molecule has 3 rings (SSSR count). The molecule has 0 unspecified atom stereocenters. The van der Waals surface area contributed by atoms with Crippen LogP contribution in [-0.2, 0) is 6.54 Å². The minimum absolute atomic E-state index is 0.159. The van der Waals surface area contributed by atoms with Crippen LogP contribution in [0.3, 0.4) is 0 Å². The fraction of sp³-hybridized carbons (Fsp3) is 0.462. The van der Waals surface area contributed by atoms with E-state index in [0.717, 1.165) is 37.4 Å². The summed E-state index contributed by atoms with van der Waals surface area (Å²) in [4.78, 5) is 6.89. The molecule has 0 aromatic carbocycles. The number of imidazole rings is 1. The van der Waals surface area contributed by atoms with Gasteiger partial charge in [0.15, 0.2) is 0 Å². The Labute approximate surface area is 101 Å². The fourth-order valence-electron chi connectivity index (χ4n) is 2.47. The highest BCUT2D eigenvalue weighted by atomic mass is 16.3. The normalized spacial score (nSPS) is 21.4. The molecule has 4 heteroatoms. The van der Waals surface area contributed by atoms with E-state index in [2.05, 4.69) is 33.5 Å². The molecule has 1 aliphatic rings. The van der Waals surface area contributed by atoms with E-state index in [4.69, 9.17) is 0 Å². The maximum atomic E-state index is 9.49. The van der Waals surface area contributed by atoms with Crippen LogP contribution >= 0.6 is 0 Å². The molecule has 2 aromatic heterocycles. The van der Waals surface area contributed by atoms with Gasteiger partial charge in [-0.25, -0.2) is 4.98 Å². The lowest BCUT2D eigenvalue weighted by Crippen LogP contribution is -2.21. The molecule has 1 aliphatic heterocycles. The third-order valence-corrected chi connectivity index (χ3v) is 3.36. The molecular weight excluding hydrogens is 214 g/mol. The molecule has 1 N–H and O–H groups in total. The minimum Gasteiger partial charge on any atom is -0.392 e. The van der Waals surface area contributed by atoms with Crippen molar-refractivity contribution in [1.29, 1.82) is 0 Å². The van der Waals surface area contributed by atoms with E-state index in [1.165, 1.54) is 5.56 Å². The van der Waals surface area contributed by atoms with Gasteiger partial charge in [-0.3, -0.25) is 4.90 Å². The van der Waals surface area contributed by atoms with Gasteiger partial charge in [0, 0.05) is 32.0 Å².